The number of aromatic amines is 1. The predicted octanol–water partition coefficient (Wildman–Crippen LogP) is 0.0753. The molecule has 0 saturated carbocycles. The fraction of sp³-hybridized carbons (Fsp3) is 0.133. The first-order valence-corrected chi connectivity index (χ1v) is 7.07. The summed E-state index contributed by atoms with van der Waals surface area (Å²) in [5.41, 5.74) is 0.404. The number of aryl methyl sites for hydroxylation is 2. The van der Waals surface area contributed by atoms with Gasteiger partial charge in [-0.2, -0.15) is 4.68 Å². The molecule has 0 amide bonds. The first kappa shape index (κ1) is 15.4. The summed E-state index contributed by atoms with van der Waals surface area (Å²) in [5, 5.41) is 1.09. The number of aromatic nitrogens is 6. The van der Waals surface area contributed by atoms with Gasteiger partial charge in [-0.3, -0.25) is 9.36 Å². The summed E-state index contributed by atoms with van der Waals surface area (Å²) in [7, 11) is 1.51. The normalized spacial score (nSPS) is 10.6. The molecule has 1 aromatic carbocycles. The number of para-hydroxylation sites is 1. The third-order valence-electron chi connectivity index (χ3n) is 3.46. The zero-order chi connectivity index (χ0) is 17.3. The number of fused-ring (bicyclic) bond motifs is 2. The quantitative estimate of drug-likeness (QED) is 0.441. The summed E-state index contributed by atoms with van der Waals surface area (Å²) in [5.74, 6) is 5.85. The molecule has 122 valence electrons. The van der Waals surface area contributed by atoms with E-state index in [-0.39, 0.29) is 5.52 Å². The van der Waals surface area contributed by atoms with Crippen LogP contribution < -0.4 is 17.1 Å². The first-order valence-electron chi connectivity index (χ1n) is 7.07. The molecule has 0 radical (unpaired) electrons. The fourth-order valence-electron chi connectivity index (χ4n) is 2.25. The van der Waals surface area contributed by atoms with Crippen LogP contribution in [-0.2, 0) is 7.05 Å². The maximum atomic E-state index is 11.5. The van der Waals surface area contributed by atoms with Crippen molar-refractivity contribution in [3.63, 3.8) is 0 Å². The van der Waals surface area contributed by atoms with Crippen LogP contribution in [0.3, 0.4) is 0 Å². The number of nitrogens with two attached hydrogens (primary N) is 1. The van der Waals surface area contributed by atoms with Gasteiger partial charge in [0.05, 0.1) is 5.52 Å². The lowest BCUT2D eigenvalue weighted by atomic mass is 10.2. The van der Waals surface area contributed by atoms with Crippen molar-refractivity contribution < 1.29 is 0 Å². The average Bonchev–Trinajstić information content (AvgIpc) is 3.01. The summed E-state index contributed by atoms with van der Waals surface area (Å²) in [4.78, 5) is 37.6. The van der Waals surface area contributed by atoms with Crippen molar-refractivity contribution in [3.8, 4) is 0 Å². The van der Waals surface area contributed by atoms with E-state index in [2.05, 4.69) is 19.9 Å². The zero-order valence-corrected chi connectivity index (χ0v) is 13.1. The van der Waals surface area contributed by atoms with Gasteiger partial charge in [0, 0.05) is 18.6 Å². The van der Waals surface area contributed by atoms with Crippen molar-refractivity contribution in [2.45, 2.75) is 6.92 Å². The number of nitrogen functional groups attached to an aromatic ring is 1. The Morgan fingerprint density at radius 2 is 1.96 bits per heavy atom. The number of nitrogens with zero attached hydrogens (tertiary/aromatic N) is 5. The van der Waals surface area contributed by atoms with Gasteiger partial charge in [-0.1, -0.05) is 18.2 Å². The van der Waals surface area contributed by atoms with Crippen molar-refractivity contribution in [1.29, 1.82) is 0 Å². The van der Waals surface area contributed by atoms with Gasteiger partial charge in [0.15, 0.2) is 11.2 Å². The molecule has 0 spiro atoms. The SMILES string of the molecule is Cc1nc2c([nH]1)c(=O)n(N)c(=O)n2C.c1ccc2ncncc2c1. The molecule has 0 aliphatic heterocycles. The molecular weight excluding hydrogens is 310 g/mol. The average molecular weight is 325 g/mol. The van der Waals surface area contributed by atoms with Gasteiger partial charge < -0.3 is 10.8 Å². The van der Waals surface area contributed by atoms with Crippen molar-refractivity contribution in [3.05, 3.63) is 63.5 Å². The first-order chi connectivity index (χ1) is 11.5. The Morgan fingerprint density at radius 1 is 1.21 bits per heavy atom. The van der Waals surface area contributed by atoms with Crippen molar-refractivity contribution in [1.82, 2.24) is 29.2 Å². The van der Waals surface area contributed by atoms with Crippen LogP contribution in [0.25, 0.3) is 22.1 Å². The number of nitrogens with one attached hydrogen (secondary N) is 1. The van der Waals surface area contributed by atoms with Crippen LogP contribution in [-0.4, -0.2) is 29.2 Å². The standard InChI is InChI=1S/C8H6N2.C7H9N5O2/c1-2-4-8-7(3-1)5-9-6-10-8;1-3-9-4-5(10-3)11(2)7(14)12(8)6(4)13/h1-6H;8H2,1-2H3,(H,9,10). The predicted molar refractivity (Wildman–Crippen MR) is 90.0 cm³/mol. The molecule has 4 rings (SSSR count). The van der Waals surface area contributed by atoms with Crippen LogP contribution in [0.5, 0.6) is 0 Å². The van der Waals surface area contributed by atoms with E-state index in [0.717, 1.165) is 10.9 Å². The van der Waals surface area contributed by atoms with Gasteiger partial charge in [-0.25, -0.2) is 19.7 Å². The Balaban J connectivity index is 0.000000149. The van der Waals surface area contributed by atoms with E-state index in [4.69, 9.17) is 5.84 Å². The Kier molecular flexibility index (Phi) is 3.82. The highest BCUT2D eigenvalue weighted by atomic mass is 16.2. The topological polar surface area (TPSA) is 124 Å². The third-order valence-corrected chi connectivity index (χ3v) is 3.46. The van der Waals surface area contributed by atoms with Crippen LogP contribution in [0.2, 0.25) is 0 Å². The fourth-order valence-corrected chi connectivity index (χ4v) is 2.25. The van der Waals surface area contributed by atoms with E-state index >= 15 is 0 Å². The van der Waals surface area contributed by atoms with Crippen molar-refractivity contribution >= 4 is 22.1 Å². The van der Waals surface area contributed by atoms with E-state index < -0.39 is 11.2 Å². The summed E-state index contributed by atoms with van der Waals surface area (Å²) in [6, 6.07) is 7.91. The molecular formula is C15H15N7O2. The summed E-state index contributed by atoms with van der Waals surface area (Å²) in [6.45, 7) is 1.70. The molecule has 9 nitrogen and oxygen atoms in total. The lowest BCUT2D eigenvalue weighted by Crippen LogP contribution is -2.43. The van der Waals surface area contributed by atoms with E-state index in [9.17, 15) is 9.59 Å². The summed E-state index contributed by atoms with van der Waals surface area (Å²) in [6.07, 6.45) is 3.37. The van der Waals surface area contributed by atoms with E-state index in [0.29, 0.717) is 16.1 Å². The van der Waals surface area contributed by atoms with Gasteiger partial charge in [-0.15, -0.1) is 0 Å². The zero-order valence-electron chi connectivity index (χ0n) is 13.1. The van der Waals surface area contributed by atoms with Crippen LogP contribution in [0, 0.1) is 6.92 Å². The second-order valence-electron chi connectivity index (χ2n) is 5.12. The number of hydrogen-bond acceptors (Lipinski definition) is 6. The highest BCUT2D eigenvalue weighted by Crippen LogP contribution is 2.06. The second-order valence-corrected chi connectivity index (χ2v) is 5.12. The van der Waals surface area contributed by atoms with E-state index in [1.807, 2.05) is 30.5 Å². The lowest BCUT2D eigenvalue weighted by Gasteiger charge is -2.00. The molecule has 0 aliphatic rings. The minimum Gasteiger partial charge on any atom is -0.336 e. The molecule has 0 saturated heterocycles. The maximum Gasteiger partial charge on any atom is 0.351 e. The lowest BCUT2D eigenvalue weighted by molar-refractivity contribution is 0.743. The Morgan fingerprint density at radius 3 is 2.71 bits per heavy atom. The third kappa shape index (κ3) is 2.62. The monoisotopic (exact) mass is 325 g/mol. The molecule has 4 aromatic rings. The highest BCUT2D eigenvalue weighted by Gasteiger charge is 2.11. The molecule has 0 bridgehead atoms. The van der Waals surface area contributed by atoms with Crippen LogP contribution >= 0.6 is 0 Å². The molecule has 24 heavy (non-hydrogen) atoms. The number of H-pyrrole nitrogens is 1. The summed E-state index contributed by atoms with van der Waals surface area (Å²) >= 11 is 0. The molecule has 3 heterocycles. The molecule has 3 N–H and O–H groups in total. The van der Waals surface area contributed by atoms with Gasteiger partial charge in [0.25, 0.3) is 0 Å². The Bertz CT molecular complexity index is 1070. The number of rotatable bonds is 0. The smallest absolute Gasteiger partial charge is 0.336 e. The second kappa shape index (κ2) is 5.95. The molecule has 3 aromatic heterocycles. The van der Waals surface area contributed by atoms with Crippen LogP contribution in [0.15, 0.2) is 46.4 Å². The largest absolute Gasteiger partial charge is 0.351 e. The molecule has 0 atom stereocenters. The molecule has 0 aliphatic carbocycles. The van der Waals surface area contributed by atoms with Gasteiger partial charge in [0.1, 0.15) is 12.2 Å². The summed E-state index contributed by atoms with van der Waals surface area (Å²) < 4.78 is 1.78. The van der Waals surface area contributed by atoms with Crippen LogP contribution in [0.4, 0.5) is 0 Å². The minimum atomic E-state index is -0.589. The number of benzene rings is 1. The Labute approximate surface area is 135 Å². The van der Waals surface area contributed by atoms with Gasteiger partial charge >= 0.3 is 11.2 Å². The minimum absolute atomic E-state index is 0.243. The number of imidazole rings is 1. The van der Waals surface area contributed by atoms with E-state index in [1.54, 1.807) is 13.3 Å². The van der Waals surface area contributed by atoms with Crippen LogP contribution in [0.1, 0.15) is 5.82 Å². The highest BCUT2D eigenvalue weighted by molar-refractivity contribution is 5.76. The molecule has 0 fully saturated rings. The van der Waals surface area contributed by atoms with Crippen molar-refractivity contribution in [2.24, 2.45) is 7.05 Å². The van der Waals surface area contributed by atoms with Gasteiger partial charge in [-0.05, 0) is 13.0 Å². The molecule has 0 unspecified atom stereocenters. The van der Waals surface area contributed by atoms with Crippen molar-refractivity contribution in [2.75, 3.05) is 5.84 Å². The Hall–Kier alpha value is -3.49. The van der Waals surface area contributed by atoms with E-state index in [1.165, 1.54) is 11.6 Å². The van der Waals surface area contributed by atoms with Gasteiger partial charge in [0.2, 0.25) is 0 Å². The molecule has 9 heteroatoms. The number of hydrogen-bond donors (Lipinski definition) is 2. The maximum absolute atomic E-state index is 11.5.